The second-order valence-electron chi connectivity index (χ2n) is 11.9. The molecule has 0 radical (unpaired) electrons. The highest BCUT2D eigenvalue weighted by Gasteiger charge is 2.38. The molecular formula is C34H45N3O4. The van der Waals surface area contributed by atoms with Gasteiger partial charge in [0, 0.05) is 12.2 Å². The normalized spacial score (nSPS) is 13.7. The van der Waals surface area contributed by atoms with Crippen LogP contribution < -0.4 is 10.6 Å². The first-order valence-corrected chi connectivity index (χ1v) is 14.5. The van der Waals surface area contributed by atoms with Gasteiger partial charge in [-0.05, 0) is 81.0 Å². The zero-order valence-corrected chi connectivity index (χ0v) is 25.7. The highest BCUT2D eigenvalue weighted by Crippen LogP contribution is 2.30. The molecule has 3 aromatic carbocycles. The van der Waals surface area contributed by atoms with E-state index >= 15 is 0 Å². The van der Waals surface area contributed by atoms with Gasteiger partial charge in [0.15, 0.2) is 0 Å². The summed E-state index contributed by atoms with van der Waals surface area (Å²) in [5.74, 6) is -0.808. The van der Waals surface area contributed by atoms with Gasteiger partial charge in [-0.2, -0.15) is 0 Å². The van der Waals surface area contributed by atoms with Gasteiger partial charge in [-0.15, -0.1) is 0 Å². The average Bonchev–Trinajstić information content (AvgIpc) is 2.90. The van der Waals surface area contributed by atoms with Gasteiger partial charge in [0.1, 0.15) is 17.7 Å². The molecule has 0 fully saturated rings. The van der Waals surface area contributed by atoms with Crippen LogP contribution in [0.4, 0.5) is 10.5 Å². The van der Waals surface area contributed by atoms with Crippen molar-refractivity contribution in [2.45, 2.75) is 85.9 Å². The van der Waals surface area contributed by atoms with E-state index in [1.807, 2.05) is 95.3 Å². The number of hydrogen-bond donors (Lipinski definition) is 2. The predicted molar refractivity (Wildman–Crippen MR) is 166 cm³/mol. The maximum Gasteiger partial charge on any atom is 0.408 e. The van der Waals surface area contributed by atoms with Gasteiger partial charge >= 0.3 is 6.09 Å². The van der Waals surface area contributed by atoms with Crippen LogP contribution in [0, 0.1) is 19.8 Å². The lowest BCUT2D eigenvalue weighted by Crippen LogP contribution is -2.55. The summed E-state index contributed by atoms with van der Waals surface area (Å²) in [6.07, 6.45) is 0.635. The van der Waals surface area contributed by atoms with E-state index in [2.05, 4.69) is 10.6 Å². The van der Waals surface area contributed by atoms with Crippen LogP contribution in [0.3, 0.4) is 0 Å². The molecule has 0 saturated carbocycles. The molecule has 3 atom stereocenters. The Hall–Kier alpha value is -3.87. The van der Waals surface area contributed by atoms with Crippen molar-refractivity contribution < 1.29 is 19.1 Å². The lowest BCUT2D eigenvalue weighted by atomic mass is 9.93. The molecule has 0 saturated heterocycles. The van der Waals surface area contributed by atoms with E-state index in [4.69, 9.17) is 4.74 Å². The van der Waals surface area contributed by atoms with E-state index < -0.39 is 23.8 Å². The molecular weight excluding hydrogens is 514 g/mol. The third kappa shape index (κ3) is 8.32. The van der Waals surface area contributed by atoms with E-state index in [-0.39, 0.29) is 17.7 Å². The smallest absolute Gasteiger partial charge is 0.408 e. The molecule has 3 amide bonds. The number of amides is 3. The van der Waals surface area contributed by atoms with Gasteiger partial charge in [-0.3, -0.25) is 9.59 Å². The Morgan fingerprint density at radius 1 is 0.927 bits per heavy atom. The number of rotatable bonds is 10. The Bertz CT molecular complexity index is 1380. The minimum absolute atomic E-state index is 0.183. The van der Waals surface area contributed by atoms with Crippen molar-refractivity contribution in [3.63, 3.8) is 0 Å². The van der Waals surface area contributed by atoms with Gasteiger partial charge in [-0.1, -0.05) is 81.3 Å². The third-order valence-electron chi connectivity index (χ3n) is 7.20. The van der Waals surface area contributed by atoms with Crippen molar-refractivity contribution in [1.82, 2.24) is 10.2 Å². The summed E-state index contributed by atoms with van der Waals surface area (Å²) < 4.78 is 5.49. The summed E-state index contributed by atoms with van der Waals surface area (Å²) in [5.41, 5.74) is 2.67. The fourth-order valence-corrected chi connectivity index (χ4v) is 4.96. The number of aryl methyl sites for hydroxylation is 2. The number of carbonyl (C=O) groups excluding carboxylic acids is 3. The van der Waals surface area contributed by atoms with Crippen molar-refractivity contribution in [2.24, 2.45) is 5.92 Å². The molecule has 0 heterocycles. The first kappa shape index (κ1) is 31.7. The van der Waals surface area contributed by atoms with Crippen molar-refractivity contribution in [3.05, 3.63) is 77.4 Å². The Labute approximate surface area is 244 Å². The first-order valence-electron chi connectivity index (χ1n) is 14.5. The lowest BCUT2D eigenvalue weighted by molar-refractivity contribution is -0.142. The summed E-state index contributed by atoms with van der Waals surface area (Å²) >= 11 is 0. The number of carbonyl (C=O) groups is 3. The molecule has 7 nitrogen and oxygen atoms in total. The molecule has 2 N–H and O–H groups in total. The zero-order chi connectivity index (χ0) is 30.3. The quantitative estimate of drug-likeness (QED) is 0.273. The van der Waals surface area contributed by atoms with Gasteiger partial charge in [-0.25, -0.2) is 4.79 Å². The fraction of sp³-hybridized carbons (Fsp3) is 0.441. The molecule has 0 aliphatic heterocycles. The van der Waals surface area contributed by atoms with Crippen LogP contribution in [0.5, 0.6) is 0 Å². The van der Waals surface area contributed by atoms with Gasteiger partial charge < -0.3 is 20.3 Å². The van der Waals surface area contributed by atoms with Crippen LogP contribution in [0.2, 0.25) is 0 Å². The van der Waals surface area contributed by atoms with Crippen molar-refractivity contribution >= 4 is 34.4 Å². The summed E-state index contributed by atoms with van der Waals surface area (Å²) in [6, 6.07) is 17.9. The molecule has 0 aliphatic rings. The van der Waals surface area contributed by atoms with Crippen LogP contribution in [-0.4, -0.2) is 41.0 Å². The molecule has 0 spiro atoms. The highest BCUT2D eigenvalue weighted by atomic mass is 16.6. The van der Waals surface area contributed by atoms with E-state index in [0.717, 1.165) is 27.5 Å². The van der Waals surface area contributed by atoms with Crippen LogP contribution in [0.25, 0.3) is 10.8 Å². The van der Waals surface area contributed by atoms with E-state index in [0.29, 0.717) is 25.1 Å². The van der Waals surface area contributed by atoms with Gasteiger partial charge in [0.2, 0.25) is 5.91 Å². The average molecular weight is 560 g/mol. The molecule has 3 rings (SSSR count). The molecule has 0 aliphatic carbocycles. The number of fused-ring (bicyclic) bond motifs is 1. The Morgan fingerprint density at radius 2 is 1.61 bits per heavy atom. The van der Waals surface area contributed by atoms with Crippen LogP contribution in [-0.2, 0) is 14.3 Å². The zero-order valence-electron chi connectivity index (χ0n) is 25.7. The lowest BCUT2D eigenvalue weighted by Gasteiger charge is -2.36. The SMILES string of the molecule is CCCN(C(=O)C(NC(=O)OC(C)(C)C)C(C)CC)C(C(=O)Nc1ccc2ccccc2c1)c1ccc(C)cc1C. The van der Waals surface area contributed by atoms with E-state index in [1.54, 1.807) is 25.7 Å². The number of anilines is 1. The molecule has 0 aromatic heterocycles. The molecule has 0 bridgehead atoms. The second kappa shape index (κ2) is 13.7. The molecule has 41 heavy (non-hydrogen) atoms. The fourth-order valence-electron chi connectivity index (χ4n) is 4.96. The molecule has 220 valence electrons. The maximum atomic E-state index is 14.3. The van der Waals surface area contributed by atoms with E-state index in [9.17, 15) is 14.4 Å². The summed E-state index contributed by atoms with van der Waals surface area (Å²) in [5, 5.41) is 7.98. The van der Waals surface area contributed by atoms with E-state index in [1.165, 1.54) is 0 Å². The molecule has 3 unspecified atom stereocenters. The third-order valence-corrected chi connectivity index (χ3v) is 7.20. The van der Waals surface area contributed by atoms with Crippen molar-refractivity contribution in [3.8, 4) is 0 Å². The predicted octanol–water partition coefficient (Wildman–Crippen LogP) is 7.31. The standard InChI is InChI=1S/C34H45N3O4/c1-9-19-37(32(39)29(23(4)10-2)36-33(40)41-34(6,7)8)30(28-18-15-22(3)20-24(28)5)31(38)35-27-17-16-25-13-11-12-14-26(25)21-27/h11-18,20-21,23,29-30H,9-10,19H2,1-8H3,(H,35,38)(H,36,40). The van der Waals surface area contributed by atoms with Crippen LogP contribution in [0.1, 0.15) is 77.1 Å². The summed E-state index contributed by atoms with van der Waals surface area (Å²) in [7, 11) is 0. The molecule has 3 aromatic rings. The Morgan fingerprint density at radius 3 is 2.22 bits per heavy atom. The number of benzene rings is 3. The number of hydrogen-bond acceptors (Lipinski definition) is 4. The number of nitrogens with one attached hydrogen (secondary N) is 2. The van der Waals surface area contributed by atoms with Gasteiger partial charge in [0.05, 0.1) is 0 Å². The summed E-state index contributed by atoms with van der Waals surface area (Å²) in [6.45, 7) is 15.5. The second-order valence-corrected chi connectivity index (χ2v) is 11.9. The van der Waals surface area contributed by atoms with Crippen molar-refractivity contribution in [1.29, 1.82) is 0 Å². The largest absolute Gasteiger partial charge is 0.444 e. The molecule has 7 heteroatoms. The van der Waals surface area contributed by atoms with Crippen molar-refractivity contribution in [2.75, 3.05) is 11.9 Å². The minimum atomic E-state index is -0.901. The first-order chi connectivity index (χ1) is 19.3. The van der Waals surface area contributed by atoms with Crippen LogP contribution >= 0.6 is 0 Å². The monoisotopic (exact) mass is 559 g/mol. The van der Waals surface area contributed by atoms with Crippen LogP contribution in [0.15, 0.2) is 60.7 Å². The summed E-state index contributed by atoms with van der Waals surface area (Å²) in [4.78, 5) is 42.9. The Kier molecular flexibility index (Phi) is 10.5. The van der Waals surface area contributed by atoms with Gasteiger partial charge in [0.25, 0.3) is 5.91 Å². The number of ether oxygens (including phenoxy) is 1. The highest BCUT2D eigenvalue weighted by molar-refractivity contribution is 6.00. The minimum Gasteiger partial charge on any atom is -0.444 e. The number of alkyl carbamates (subject to hydrolysis) is 1. The Balaban J connectivity index is 2.05. The number of nitrogens with zero attached hydrogens (tertiary/aromatic N) is 1. The maximum absolute atomic E-state index is 14.3. The topological polar surface area (TPSA) is 87.7 Å².